The highest BCUT2D eigenvalue weighted by atomic mass is 35.5. The number of aromatic nitrogens is 2. The molecular formula is C8H8Cl2N4. The number of anilines is 1. The SMILES string of the molecule is C=C1NCCN1c1cc(Cl)nc(Cl)n1. The van der Waals surface area contributed by atoms with Crippen LogP contribution in [0.5, 0.6) is 0 Å². The molecule has 0 aliphatic carbocycles. The number of hydrogen-bond donors (Lipinski definition) is 1. The van der Waals surface area contributed by atoms with Gasteiger partial charge in [-0.3, -0.25) is 0 Å². The van der Waals surface area contributed by atoms with Crippen molar-refractivity contribution in [3.63, 3.8) is 0 Å². The molecule has 4 nitrogen and oxygen atoms in total. The molecule has 0 amide bonds. The summed E-state index contributed by atoms with van der Waals surface area (Å²) < 4.78 is 0. The molecule has 1 saturated heterocycles. The summed E-state index contributed by atoms with van der Waals surface area (Å²) in [7, 11) is 0. The van der Waals surface area contributed by atoms with Gasteiger partial charge in [0, 0.05) is 19.2 Å². The van der Waals surface area contributed by atoms with Crippen LogP contribution in [0.3, 0.4) is 0 Å². The van der Waals surface area contributed by atoms with Gasteiger partial charge in [0.25, 0.3) is 0 Å². The minimum atomic E-state index is 0.146. The summed E-state index contributed by atoms with van der Waals surface area (Å²) in [5.41, 5.74) is 0. The fraction of sp³-hybridized carbons (Fsp3) is 0.250. The van der Waals surface area contributed by atoms with Crippen molar-refractivity contribution in [1.82, 2.24) is 15.3 Å². The highest BCUT2D eigenvalue weighted by Crippen LogP contribution is 2.21. The third kappa shape index (κ3) is 1.76. The lowest BCUT2D eigenvalue weighted by molar-refractivity contribution is 0.949. The van der Waals surface area contributed by atoms with Crippen LogP contribution in [0.25, 0.3) is 0 Å². The van der Waals surface area contributed by atoms with E-state index in [1.807, 2.05) is 4.90 Å². The molecule has 6 heteroatoms. The van der Waals surface area contributed by atoms with E-state index in [1.165, 1.54) is 0 Å². The molecule has 2 rings (SSSR count). The minimum absolute atomic E-state index is 0.146. The van der Waals surface area contributed by atoms with E-state index in [0.29, 0.717) is 11.0 Å². The van der Waals surface area contributed by atoms with E-state index in [9.17, 15) is 0 Å². The lowest BCUT2D eigenvalue weighted by Crippen LogP contribution is -2.19. The second-order valence-corrected chi connectivity index (χ2v) is 3.57. The van der Waals surface area contributed by atoms with Crippen molar-refractivity contribution in [1.29, 1.82) is 0 Å². The molecule has 1 aromatic heterocycles. The van der Waals surface area contributed by atoms with Crippen LogP contribution in [0.1, 0.15) is 0 Å². The van der Waals surface area contributed by atoms with Gasteiger partial charge >= 0.3 is 0 Å². The first kappa shape index (κ1) is 9.55. The van der Waals surface area contributed by atoms with Crippen molar-refractivity contribution >= 4 is 29.0 Å². The smallest absolute Gasteiger partial charge is 0.225 e. The molecule has 0 bridgehead atoms. The maximum atomic E-state index is 5.76. The summed E-state index contributed by atoms with van der Waals surface area (Å²) in [6, 6.07) is 1.66. The molecule has 74 valence electrons. The van der Waals surface area contributed by atoms with Crippen LogP contribution in [-0.4, -0.2) is 23.1 Å². The zero-order chi connectivity index (χ0) is 10.1. The van der Waals surface area contributed by atoms with Gasteiger partial charge in [-0.15, -0.1) is 0 Å². The largest absolute Gasteiger partial charge is 0.370 e. The van der Waals surface area contributed by atoms with Gasteiger partial charge in [-0.1, -0.05) is 18.2 Å². The van der Waals surface area contributed by atoms with Gasteiger partial charge in [0.1, 0.15) is 11.0 Å². The molecule has 0 aromatic carbocycles. The number of nitrogens with one attached hydrogen (secondary N) is 1. The number of hydrogen-bond acceptors (Lipinski definition) is 4. The van der Waals surface area contributed by atoms with Crippen LogP contribution in [0.15, 0.2) is 18.5 Å². The molecule has 0 spiro atoms. The average Bonchev–Trinajstić information content (AvgIpc) is 2.49. The van der Waals surface area contributed by atoms with Crippen LogP contribution in [-0.2, 0) is 0 Å². The van der Waals surface area contributed by atoms with Gasteiger partial charge in [-0.2, -0.15) is 0 Å². The molecule has 0 unspecified atom stereocenters. The first-order valence-electron chi connectivity index (χ1n) is 4.07. The predicted molar refractivity (Wildman–Crippen MR) is 56.5 cm³/mol. The van der Waals surface area contributed by atoms with E-state index >= 15 is 0 Å². The lowest BCUT2D eigenvalue weighted by atomic mass is 10.5. The monoisotopic (exact) mass is 230 g/mol. The number of halogens is 2. The molecule has 1 aromatic rings. The highest BCUT2D eigenvalue weighted by molar-refractivity contribution is 6.32. The van der Waals surface area contributed by atoms with Crippen molar-refractivity contribution < 1.29 is 0 Å². The molecule has 1 N–H and O–H groups in total. The normalized spacial score (nSPS) is 15.9. The third-order valence-electron chi connectivity index (χ3n) is 1.92. The lowest BCUT2D eigenvalue weighted by Gasteiger charge is -2.16. The fourth-order valence-electron chi connectivity index (χ4n) is 1.31. The van der Waals surface area contributed by atoms with Gasteiger partial charge in [0.15, 0.2) is 0 Å². The molecule has 1 fully saturated rings. The Morgan fingerprint density at radius 1 is 1.43 bits per heavy atom. The van der Waals surface area contributed by atoms with Crippen LogP contribution in [0.2, 0.25) is 10.4 Å². The van der Waals surface area contributed by atoms with Crippen LogP contribution in [0.4, 0.5) is 5.82 Å². The Kier molecular flexibility index (Phi) is 2.48. The Hall–Kier alpha value is -1.000. The van der Waals surface area contributed by atoms with E-state index in [2.05, 4.69) is 21.9 Å². The van der Waals surface area contributed by atoms with Gasteiger partial charge in [-0.05, 0) is 11.6 Å². The Morgan fingerprint density at radius 2 is 2.21 bits per heavy atom. The zero-order valence-electron chi connectivity index (χ0n) is 7.30. The van der Waals surface area contributed by atoms with Crippen LogP contribution in [0, 0.1) is 0 Å². The van der Waals surface area contributed by atoms with Gasteiger partial charge in [0.2, 0.25) is 5.28 Å². The first-order valence-corrected chi connectivity index (χ1v) is 4.83. The van der Waals surface area contributed by atoms with Gasteiger partial charge in [0.05, 0.1) is 5.82 Å². The van der Waals surface area contributed by atoms with Crippen LogP contribution < -0.4 is 10.2 Å². The molecule has 14 heavy (non-hydrogen) atoms. The Labute approximate surface area is 91.6 Å². The van der Waals surface area contributed by atoms with Gasteiger partial charge in [-0.25, -0.2) is 9.97 Å². The molecule has 1 aliphatic heterocycles. The summed E-state index contributed by atoms with van der Waals surface area (Å²) in [4.78, 5) is 9.74. The maximum Gasteiger partial charge on any atom is 0.225 e. The minimum Gasteiger partial charge on any atom is -0.370 e. The quantitative estimate of drug-likeness (QED) is 0.589. The number of nitrogens with zero attached hydrogens (tertiary/aromatic N) is 3. The number of rotatable bonds is 1. The zero-order valence-corrected chi connectivity index (χ0v) is 8.81. The van der Waals surface area contributed by atoms with E-state index in [-0.39, 0.29) is 5.28 Å². The predicted octanol–water partition coefficient (Wildman–Crippen LogP) is 1.66. The van der Waals surface area contributed by atoms with Crippen molar-refractivity contribution in [2.75, 3.05) is 18.0 Å². The molecular weight excluding hydrogens is 223 g/mol. The van der Waals surface area contributed by atoms with E-state index in [1.54, 1.807) is 6.07 Å². The standard InChI is InChI=1S/C8H8Cl2N4/c1-5-11-2-3-14(5)7-4-6(9)12-8(10)13-7/h4,11H,1-3H2. The third-order valence-corrected chi connectivity index (χ3v) is 2.28. The maximum absolute atomic E-state index is 5.76. The Morgan fingerprint density at radius 3 is 2.79 bits per heavy atom. The van der Waals surface area contributed by atoms with E-state index < -0.39 is 0 Å². The molecule has 2 heterocycles. The van der Waals surface area contributed by atoms with Crippen molar-refractivity contribution in [3.05, 3.63) is 28.9 Å². The van der Waals surface area contributed by atoms with Gasteiger partial charge < -0.3 is 10.2 Å². The second-order valence-electron chi connectivity index (χ2n) is 2.84. The summed E-state index contributed by atoms with van der Waals surface area (Å²) in [6.45, 7) is 5.49. The summed E-state index contributed by atoms with van der Waals surface area (Å²) in [5, 5.41) is 3.57. The molecule has 1 aliphatic rings. The Bertz CT molecular complexity index is 359. The van der Waals surface area contributed by atoms with E-state index in [4.69, 9.17) is 23.2 Å². The van der Waals surface area contributed by atoms with Crippen molar-refractivity contribution in [2.45, 2.75) is 0 Å². The molecule has 0 atom stereocenters. The molecule has 0 radical (unpaired) electrons. The average molecular weight is 231 g/mol. The van der Waals surface area contributed by atoms with E-state index in [0.717, 1.165) is 18.9 Å². The Balaban J connectivity index is 2.35. The summed E-state index contributed by atoms with van der Waals surface area (Å²) in [6.07, 6.45) is 0. The first-order chi connectivity index (χ1) is 6.66. The summed E-state index contributed by atoms with van der Waals surface area (Å²) >= 11 is 11.5. The van der Waals surface area contributed by atoms with Crippen molar-refractivity contribution in [2.24, 2.45) is 0 Å². The second kappa shape index (κ2) is 3.63. The van der Waals surface area contributed by atoms with Crippen LogP contribution >= 0.6 is 23.2 Å². The highest BCUT2D eigenvalue weighted by Gasteiger charge is 2.18. The van der Waals surface area contributed by atoms with Crippen molar-refractivity contribution in [3.8, 4) is 0 Å². The fourth-order valence-corrected chi connectivity index (χ4v) is 1.71. The molecule has 0 saturated carbocycles. The topological polar surface area (TPSA) is 41.0 Å². The summed E-state index contributed by atoms with van der Waals surface area (Å²) in [5.74, 6) is 1.47.